The molecule has 1 heterocycles. The highest BCUT2D eigenvalue weighted by Gasteiger charge is 2.09. The van der Waals surface area contributed by atoms with Crippen LogP contribution in [0.4, 0.5) is 4.39 Å². The Bertz CT molecular complexity index is 1020. The molecule has 8 heteroatoms. The van der Waals surface area contributed by atoms with Crippen molar-refractivity contribution in [2.24, 2.45) is 0 Å². The third-order valence-electron chi connectivity index (χ3n) is 3.59. The van der Waals surface area contributed by atoms with Crippen LogP contribution in [0.3, 0.4) is 0 Å². The predicted octanol–water partition coefficient (Wildman–Crippen LogP) is 3.16. The Balaban J connectivity index is 1.73. The summed E-state index contributed by atoms with van der Waals surface area (Å²) in [6.07, 6.45) is 1.31. The number of hydrogen-bond donors (Lipinski definition) is 1. The average Bonchev–Trinajstić information content (AvgIpc) is 2.57. The van der Waals surface area contributed by atoms with E-state index in [0.29, 0.717) is 21.5 Å². The molecule has 0 aliphatic heterocycles. The van der Waals surface area contributed by atoms with Crippen molar-refractivity contribution in [2.75, 3.05) is 0 Å². The van der Waals surface area contributed by atoms with E-state index in [0.717, 1.165) is 0 Å². The highest BCUT2D eigenvalue weighted by Crippen LogP contribution is 2.17. The van der Waals surface area contributed by atoms with E-state index in [9.17, 15) is 14.0 Å². The summed E-state index contributed by atoms with van der Waals surface area (Å²) >= 11 is 11.8. The van der Waals surface area contributed by atoms with Crippen LogP contribution in [-0.2, 0) is 17.9 Å². The highest BCUT2D eigenvalue weighted by atomic mass is 35.5. The molecule has 0 spiro atoms. The van der Waals surface area contributed by atoms with Crippen LogP contribution in [0.2, 0.25) is 10.0 Å². The van der Waals surface area contributed by atoms with Gasteiger partial charge in [0.05, 0.1) is 17.2 Å². The van der Waals surface area contributed by atoms with Gasteiger partial charge in [0.15, 0.2) is 0 Å². The second-order valence-corrected chi connectivity index (χ2v) is 6.20. The summed E-state index contributed by atoms with van der Waals surface area (Å²) < 4.78 is 14.2. The first kappa shape index (κ1) is 17.4. The number of carbonyl (C=O) groups excluding carboxylic acids is 1. The van der Waals surface area contributed by atoms with Gasteiger partial charge in [-0.05, 0) is 35.9 Å². The minimum atomic E-state index is -0.451. The van der Waals surface area contributed by atoms with Crippen molar-refractivity contribution in [3.8, 4) is 0 Å². The largest absolute Gasteiger partial charge is 0.350 e. The molecule has 1 N–H and O–H groups in total. The van der Waals surface area contributed by atoms with Gasteiger partial charge in [-0.15, -0.1) is 0 Å². The Kier molecular flexibility index (Phi) is 5.01. The van der Waals surface area contributed by atoms with Gasteiger partial charge >= 0.3 is 0 Å². The molecule has 0 bridgehead atoms. The molecular formula is C17H12Cl2FN3O2. The third-order valence-corrected chi connectivity index (χ3v) is 4.18. The van der Waals surface area contributed by atoms with Crippen molar-refractivity contribution in [3.05, 3.63) is 74.5 Å². The van der Waals surface area contributed by atoms with Crippen molar-refractivity contribution in [1.82, 2.24) is 14.9 Å². The number of nitrogens with zero attached hydrogens (tertiary/aromatic N) is 2. The topological polar surface area (TPSA) is 64.0 Å². The monoisotopic (exact) mass is 379 g/mol. The molecule has 0 unspecified atom stereocenters. The summed E-state index contributed by atoms with van der Waals surface area (Å²) in [7, 11) is 0. The van der Waals surface area contributed by atoms with Crippen LogP contribution in [0, 0.1) is 5.82 Å². The number of rotatable bonds is 4. The quantitative estimate of drug-likeness (QED) is 0.757. The van der Waals surface area contributed by atoms with Crippen LogP contribution in [-0.4, -0.2) is 15.5 Å². The van der Waals surface area contributed by atoms with Crippen molar-refractivity contribution < 1.29 is 9.18 Å². The van der Waals surface area contributed by atoms with Gasteiger partial charge in [0, 0.05) is 16.6 Å². The fraction of sp³-hybridized carbons (Fsp3) is 0.118. The second kappa shape index (κ2) is 7.21. The molecule has 3 rings (SSSR count). The average molecular weight is 380 g/mol. The lowest BCUT2D eigenvalue weighted by Gasteiger charge is -2.09. The number of fused-ring (bicyclic) bond motifs is 1. The highest BCUT2D eigenvalue weighted by molar-refractivity contribution is 6.31. The zero-order valence-corrected chi connectivity index (χ0v) is 14.3. The molecule has 0 radical (unpaired) electrons. The van der Waals surface area contributed by atoms with Gasteiger partial charge in [0.1, 0.15) is 12.4 Å². The fourth-order valence-corrected chi connectivity index (χ4v) is 2.72. The van der Waals surface area contributed by atoms with Gasteiger partial charge in [-0.3, -0.25) is 14.2 Å². The van der Waals surface area contributed by atoms with Gasteiger partial charge in [0.2, 0.25) is 5.91 Å². The molecule has 1 aromatic heterocycles. The number of aromatic nitrogens is 2. The van der Waals surface area contributed by atoms with Gasteiger partial charge < -0.3 is 5.32 Å². The molecule has 0 fully saturated rings. The van der Waals surface area contributed by atoms with Crippen molar-refractivity contribution in [2.45, 2.75) is 13.1 Å². The Morgan fingerprint density at radius 2 is 2.00 bits per heavy atom. The van der Waals surface area contributed by atoms with Gasteiger partial charge in [0.25, 0.3) is 5.56 Å². The Labute approximate surface area is 152 Å². The summed E-state index contributed by atoms with van der Waals surface area (Å²) in [6, 6.07) is 8.71. The molecule has 0 saturated heterocycles. The van der Waals surface area contributed by atoms with E-state index in [1.807, 2.05) is 0 Å². The molecule has 128 valence electrons. The third kappa shape index (κ3) is 3.97. The maximum atomic E-state index is 13.0. The molecular weight excluding hydrogens is 368 g/mol. The van der Waals surface area contributed by atoms with E-state index in [2.05, 4.69) is 10.3 Å². The Morgan fingerprint density at radius 3 is 2.76 bits per heavy atom. The molecule has 2 aromatic carbocycles. The molecule has 0 atom stereocenters. The molecule has 25 heavy (non-hydrogen) atoms. The summed E-state index contributed by atoms with van der Waals surface area (Å²) in [4.78, 5) is 28.6. The number of halogens is 3. The lowest BCUT2D eigenvalue weighted by atomic mass is 10.2. The minimum Gasteiger partial charge on any atom is -0.350 e. The van der Waals surface area contributed by atoms with Crippen LogP contribution < -0.4 is 10.9 Å². The fourth-order valence-electron chi connectivity index (χ4n) is 2.31. The zero-order chi connectivity index (χ0) is 18.0. The summed E-state index contributed by atoms with van der Waals surface area (Å²) in [5.41, 5.74) is 0.721. The van der Waals surface area contributed by atoms with E-state index < -0.39 is 11.7 Å². The lowest BCUT2D eigenvalue weighted by molar-refractivity contribution is -0.121. The van der Waals surface area contributed by atoms with E-state index >= 15 is 0 Å². The lowest BCUT2D eigenvalue weighted by Crippen LogP contribution is -2.32. The van der Waals surface area contributed by atoms with E-state index in [1.165, 1.54) is 35.2 Å². The van der Waals surface area contributed by atoms with Crippen LogP contribution in [0.1, 0.15) is 5.56 Å². The van der Waals surface area contributed by atoms with Crippen LogP contribution in [0.15, 0.2) is 47.5 Å². The first-order valence-electron chi connectivity index (χ1n) is 7.29. The number of hydrogen-bond acceptors (Lipinski definition) is 3. The summed E-state index contributed by atoms with van der Waals surface area (Å²) in [5.74, 6) is -0.849. The molecule has 5 nitrogen and oxygen atoms in total. The van der Waals surface area contributed by atoms with E-state index in [1.54, 1.807) is 12.1 Å². The summed E-state index contributed by atoms with van der Waals surface area (Å²) in [6.45, 7) is -0.0768. The molecule has 3 aromatic rings. The summed E-state index contributed by atoms with van der Waals surface area (Å²) in [5, 5.41) is 3.61. The minimum absolute atomic E-state index is 0.125. The number of amides is 1. The normalized spacial score (nSPS) is 10.8. The van der Waals surface area contributed by atoms with Crippen LogP contribution in [0.5, 0.6) is 0 Å². The first-order chi connectivity index (χ1) is 11.9. The van der Waals surface area contributed by atoms with Crippen molar-refractivity contribution in [3.63, 3.8) is 0 Å². The van der Waals surface area contributed by atoms with Crippen LogP contribution >= 0.6 is 23.2 Å². The Hall–Kier alpha value is -2.44. The van der Waals surface area contributed by atoms with Crippen LogP contribution in [0.25, 0.3) is 10.9 Å². The Morgan fingerprint density at radius 1 is 1.20 bits per heavy atom. The first-order valence-corrected chi connectivity index (χ1v) is 8.05. The van der Waals surface area contributed by atoms with Gasteiger partial charge in [-0.25, -0.2) is 9.37 Å². The van der Waals surface area contributed by atoms with Gasteiger partial charge in [-0.2, -0.15) is 0 Å². The maximum absolute atomic E-state index is 13.0. The second-order valence-electron chi connectivity index (χ2n) is 5.35. The zero-order valence-electron chi connectivity index (χ0n) is 12.8. The van der Waals surface area contributed by atoms with E-state index in [-0.39, 0.29) is 23.7 Å². The van der Waals surface area contributed by atoms with Crippen molar-refractivity contribution >= 4 is 40.0 Å². The maximum Gasteiger partial charge on any atom is 0.261 e. The number of nitrogens with one attached hydrogen (secondary N) is 1. The van der Waals surface area contributed by atoms with Gasteiger partial charge in [-0.1, -0.05) is 29.3 Å². The van der Waals surface area contributed by atoms with Crippen molar-refractivity contribution in [1.29, 1.82) is 0 Å². The number of carbonyl (C=O) groups is 1. The standard InChI is InChI=1S/C17H12Cl2FN3O2/c18-11-2-4-15-13(5-11)17(25)23(9-22-15)8-16(24)21-7-10-1-3-12(20)6-14(10)19/h1-6,9H,7-8H2,(H,21,24). The molecule has 0 saturated carbocycles. The SMILES string of the molecule is O=C(Cn1cnc2ccc(Cl)cc2c1=O)NCc1ccc(F)cc1Cl. The molecule has 1 amide bonds. The predicted molar refractivity (Wildman–Crippen MR) is 94.3 cm³/mol. The smallest absolute Gasteiger partial charge is 0.261 e. The molecule has 0 aliphatic rings. The van der Waals surface area contributed by atoms with E-state index in [4.69, 9.17) is 23.2 Å². The molecule has 0 aliphatic carbocycles. The number of benzene rings is 2.